The van der Waals surface area contributed by atoms with Gasteiger partial charge in [0.2, 0.25) is 17.7 Å². The molecular formula is C24H28N4O5. The normalized spacial score (nSPS) is 25.3. The molecule has 1 unspecified atom stereocenters. The molecule has 0 aromatic heterocycles. The van der Waals surface area contributed by atoms with Crippen molar-refractivity contribution in [3.8, 4) is 0 Å². The summed E-state index contributed by atoms with van der Waals surface area (Å²) in [5.74, 6) is -1.89. The lowest BCUT2D eigenvalue weighted by Gasteiger charge is -2.36. The van der Waals surface area contributed by atoms with Crippen molar-refractivity contribution in [1.29, 1.82) is 0 Å². The lowest BCUT2D eigenvalue weighted by atomic mass is 9.93. The van der Waals surface area contributed by atoms with Gasteiger partial charge >= 0.3 is 0 Å². The summed E-state index contributed by atoms with van der Waals surface area (Å²) in [4.78, 5) is 67.5. The molecule has 5 rings (SSSR count). The Bertz CT molecular complexity index is 1060. The topological polar surface area (TPSA) is 107 Å². The van der Waals surface area contributed by atoms with Gasteiger partial charge in [0, 0.05) is 45.6 Å². The first-order valence-corrected chi connectivity index (χ1v) is 11.6. The molecule has 0 spiro atoms. The lowest BCUT2D eigenvalue weighted by molar-refractivity contribution is -0.137. The Morgan fingerprint density at radius 2 is 1.64 bits per heavy atom. The number of likely N-dealkylation sites (tertiary alicyclic amines) is 1. The van der Waals surface area contributed by atoms with Crippen molar-refractivity contribution < 1.29 is 25.3 Å². The Labute approximate surface area is 193 Å². The molecular weight excluding hydrogens is 424 g/mol. The van der Waals surface area contributed by atoms with Crippen molar-refractivity contribution in [3.05, 3.63) is 29.3 Å². The van der Waals surface area contributed by atoms with Crippen LogP contribution in [0.1, 0.15) is 67.0 Å². The maximum Gasteiger partial charge on any atom is 0.262 e. The Morgan fingerprint density at radius 3 is 2.33 bits per heavy atom. The Hall–Kier alpha value is -3.23. The van der Waals surface area contributed by atoms with E-state index in [9.17, 15) is 24.0 Å². The van der Waals surface area contributed by atoms with E-state index in [1.807, 2.05) is 4.90 Å². The SMILES string of the molecule is [2H]C1CCN(C(=O)C2CCN(c3ccc4c(c3)C(=O)N(C3CCC(=O)NC3=O)C4=O)CC2)CC1. The van der Waals surface area contributed by atoms with Crippen LogP contribution in [0.15, 0.2) is 18.2 Å². The van der Waals surface area contributed by atoms with Crippen molar-refractivity contribution in [2.24, 2.45) is 5.92 Å². The van der Waals surface area contributed by atoms with Gasteiger partial charge < -0.3 is 9.80 Å². The van der Waals surface area contributed by atoms with Crippen LogP contribution in [0.2, 0.25) is 0 Å². The number of amides is 5. The average molecular weight is 454 g/mol. The number of benzene rings is 1. The molecule has 0 aliphatic carbocycles. The Balaban J connectivity index is 1.25. The maximum atomic E-state index is 13.1. The summed E-state index contributed by atoms with van der Waals surface area (Å²) in [6, 6.07) is 4.15. The number of hydrogen-bond acceptors (Lipinski definition) is 6. The zero-order valence-corrected chi connectivity index (χ0v) is 18.4. The van der Waals surface area contributed by atoms with Crippen LogP contribution in [0.25, 0.3) is 0 Å². The van der Waals surface area contributed by atoms with E-state index in [2.05, 4.69) is 10.2 Å². The van der Waals surface area contributed by atoms with Crippen molar-refractivity contribution in [1.82, 2.24) is 15.1 Å². The number of nitrogens with zero attached hydrogens (tertiary/aromatic N) is 3. The van der Waals surface area contributed by atoms with Crippen LogP contribution in [0.5, 0.6) is 0 Å². The molecule has 1 N–H and O–H groups in total. The molecule has 0 radical (unpaired) electrons. The zero-order valence-electron chi connectivity index (χ0n) is 19.4. The van der Waals surface area contributed by atoms with Crippen LogP contribution in [0.4, 0.5) is 5.69 Å². The fourth-order valence-electron chi connectivity index (χ4n) is 5.27. The van der Waals surface area contributed by atoms with Crippen molar-refractivity contribution in [2.45, 2.75) is 51.0 Å². The number of rotatable bonds is 3. The molecule has 0 bridgehead atoms. The smallest absolute Gasteiger partial charge is 0.262 e. The molecule has 4 aliphatic rings. The monoisotopic (exact) mass is 453 g/mol. The zero-order chi connectivity index (χ0) is 24.0. The highest BCUT2D eigenvalue weighted by Gasteiger charge is 2.44. The predicted molar refractivity (Wildman–Crippen MR) is 118 cm³/mol. The number of hydrogen-bond donors (Lipinski definition) is 1. The first-order chi connectivity index (χ1) is 16.3. The van der Waals surface area contributed by atoms with Gasteiger partial charge in [-0.15, -0.1) is 0 Å². The fraction of sp³-hybridized carbons (Fsp3) is 0.542. The van der Waals surface area contributed by atoms with Crippen LogP contribution in [-0.2, 0) is 14.4 Å². The Morgan fingerprint density at radius 1 is 0.939 bits per heavy atom. The summed E-state index contributed by atoms with van der Waals surface area (Å²) < 4.78 is 7.81. The highest BCUT2D eigenvalue weighted by atomic mass is 16.2. The van der Waals surface area contributed by atoms with Gasteiger partial charge in [0.05, 0.1) is 11.1 Å². The summed E-state index contributed by atoms with van der Waals surface area (Å²) in [5, 5.41) is 2.20. The minimum absolute atomic E-state index is 0.0285. The number of imide groups is 2. The van der Waals surface area contributed by atoms with Crippen LogP contribution in [-0.4, -0.2) is 71.6 Å². The summed E-state index contributed by atoms with van der Waals surface area (Å²) in [6.45, 7) is 2.67. The van der Waals surface area contributed by atoms with Gasteiger partial charge in [0.1, 0.15) is 6.04 Å². The van der Waals surface area contributed by atoms with Crippen molar-refractivity contribution >= 4 is 35.2 Å². The molecule has 1 aromatic rings. The third-order valence-electron chi connectivity index (χ3n) is 7.15. The minimum Gasteiger partial charge on any atom is -0.371 e. The number of nitrogens with one attached hydrogen (secondary N) is 1. The number of piperidine rings is 3. The van der Waals surface area contributed by atoms with Gasteiger partial charge in [-0.1, -0.05) is 0 Å². The van der Waals surface area contributed by atoms with Gasteiger partial charge in [-0.2, -0.15) is 0 Å². The van der Waals surface area contributed by atoms with E-state index in [1.165, 1.54) is 0 Å². The fourth-order valence-corrected chi connectivity index (χ4v) is 5.27. The minimum atomic E-state index is -0.976. The largest absolute Gasteiger partial charge is 0.371 e. The molecule has 1 aromatic carbocycles. The van der Waals surface area contributed by atoms with Crippen molar-refractivity contribution in [3.63, 3.8) is 0 Å². The molecule has 33 heavy (non-hydrogen) atoms. The van der Waals surface area contributed by atoms with Gasteiger partial charge in [0.15, 0.2) is 0 Å². The molecule has 9 nitrogen and oxygen atoms in total. The number of fused-ring (bicyclic) bond motifs is 1. The molecule has 3 saturated heterocycles. The molecule has 4 heterocycles. The van der Waals surface area contributed by atoms with Gasteiger partial charge in [0.25, 0.3) is 11.8 Å². The lowest BCUT2D eigenvalue weighted by Crippen LogP contribution is -2.54. The molecule has 0 saturated carbocycles. The summed E-state index contributed by atoms with van der Waals surface area (Å²) in [6.07, 6.45) is 3.06. The third-order valence-corrected chi connectivity index (χ3v) is 7.15. The molecule has 9 heteroatoms. The second-order valence-electron chi connectivity index (χ2n) is 9.13. The van der Waals surface area contributed by atoms with Crippen LogP contribution in [0, 0.1) is 5.92 Å². The van der Waals surface area contributed by atoms with Gasteiger partial charge in [-0.05, 0) is 56.7 Å². The third kappa shape index (κ3) is 3.89. The first kappa shape index (κ1) is 20.4. The van der Waals surface area contributed by atoms with E-state index < -0.39 is 29.7 Å². The van der Waals surface area contributed by atoms with Crippen LogP contribution < -0.4 is 10.2 Å². The molecule has 1 atom stereocenters. The number of anilines is 1. The maximum absolute atomic E-state index is 13.1. The van der Waals surface area contributed by atoms with Crippen LogP contribution in [0.3, 0.4) is 0 Å². The predicted octanol–water partition coefficient (Wildman–Crippen LogP) is 1.32. The van der Waals surface area contributed by atoms with E-state index in [1.54, 1.807) is 18.2 Å². The summed E-state index contributed by atoms with van der Waals surface area (Å²) in [7, 11) is 0. The van der Waals surface area contributed by atoms with Crippen molar-refractivity contribution in [2.75, 3.05) is 31.1 Å². The van der Waals surface area contributed by atoms with Gasteiger partial charge in [-0.3, -0.25) is 34.2 Å². The van der Waals surface area contributed by atoms with E-state index in [-0.39, 0.29) is 42.2 Å². The standard InChI is InChI=1S/C24H28N4O5/c29-20-7-6-19(21(30)25-20)28-23(32)17-5-4-16(14-18(17)24(28)33)26-12-8-15(9-13-26)22(31)27-10-2-1-3-11-27/h4-5,14-15,19H,1-3,6-13H2,(H,25,29,30)/i1D. The van der Waals surface area contributed by atoms with Crippen LogP contribution >= 0.6 is 0 Å². The Kier molecular flexibility index (Phi) is 5.32. The average Bonchev–Trinajstić information content (AvgIpc) is 3.09. The van der Waals surface area contributed by atoms with E-state index in [4.69, 9.17) is 1.37 Å². The number of carbonyl (C=O) groups excluding carboxylic acids is 5. The molecule has 4 aliphatic heterocycles. The quantitative estimate of drug-likeness (QED) is 0.692. The molecule has 5 amide bonds. The molecule has 3 fully saturated rings. The second-order valence-corrected chi connectivity index (χ2v) is 9.13. The second kappa shape index (κ2) is 8.61. The number of carbonyl (C=O) groups is 5. The van der Waals surface area contributed by atoms with E-state index in [0.29, 0.717) is 39.0 Å². The summed E-state index contributed by atoms with van der Waals surface area (Å²) >= 11 is 0. The van der Waals surface area contributed by atoms with E-state index >= 15 is 0 Å². The summed E-state index contributed by atoms with van der Waals surface area (Å²) in [5.41, 5.74) is 1.34. The highest BCUT2D eigenvalue weighted by Crippen LogP contribution is 2.32. The van der Waals surface area contributed by atoms with E-state index in [0.717, 1.165) is 23.4 Å². The highest BCUT2D eigenvalue weighted by molar-refractivity contribution is 6.23. The first-order valence-electron chi connectivity index (χ1n) is 12.2. The molecule has 174 valence electrons. The van der Waals surface area contributed by atoms with Gasteiger partial charge in [-0.25, -0.2) is 0 Å².